The molecule has 1 fully saturated rings. The Hall–Kier alpha value is -1.35. The number of halogens is 1. The molecular weight excluding hydrogens is 443 g/mol. The Balaban J connectivity index is 0.00000338. The maximum absolute atomic E-state index is 12.0. The van der Waals surface area contributed by atoms with E-state index in [2.05, 4.69) is 27.4 Å². The van der Waals surface area contributed by atoms with Crippen LogP contribution < -0.4 is 10.6 Å². The first-order valence-electron chi connectivity index (χ1n) is 9.22. The predicted molar refractivity (Wildman–Crippen MR) is 116 cm³/mol. The number of guanidine groups is 1. The van der Waals surface area contributed by atoms with Gasteiger partial charge in [-0.1, -0.05) is 18.2 Å². The summed E-state index contributed by atoms with van der Waals surface area (Å²) in [5.74, 6) is 0.865. The summed E-state index contributed by atoms with van der Waals surface area (Å²) < 4.78 is 5.70. The van der Waals surface area contributed by atoms with Crippen LogP contribution in [0.15, 0.2) is 35.3 Å². The van der Waals surface area contributed by atoms with Crippen LogP contribution in [0.5, 0.6) is 0 Å². The first-order chi connectivity index (χ1) is 12.2. The highest BCUT2D eigenvalue weighted by molar-refractivity contribution is 14.0. The molecule has 1 amide bonds. The Labute approximate surface area is 173 Å². The molecule has 1 aromatic carbocycles. The highest BCUT2D eigenvalue weighted by Crippen LogP contribution is 2.13. The van der Waals surface area contributed by atoms with Gasteiger partial charge in [0, 0.05) is 38.3 Å². The monoisotopic (exact) mass is 474 g/mol. The van der Waals surface area contributed by atoms with Crippen LogP contribution in [0.2, 0.25) is 0 Å². The standard InChI is InChI=1S/C19H30N4O2.HI/c1-3-20-19(23-14-10-17(11-15-23)25-4-2)22-13-12-21-18(24)16-8-6-5-7-9-16;/h5-9,17H,3-4,10-15H2,1-2H3,(H,20,22)(H,21,24);1H. The van der Waals surface area contributed by atoms with Crippen LogP contribution in [0, 0.1) is 0 Å². The summed E-state index contributed by atoms with van der Waals surface area (Å²) in [7, 11) is 0. The Kier molecular flexibility index (Phi) is 11.3. The van der Waals surface area contributed by atoms with Gasteiger partial charge < -0.3 is 20.3 Å². The second-order valence-electron chi connectivity index (χ2n) is 6.00. The molecule has 6 nitrogen and oxygen atoms in total. The fraction of sp³-hybridized carbons (Fsp3) is 0.579. The maximum atomic E-state index is 12.0. The summed E-state index contributed by atoms with van der Waals surface area (Å²) in [6, 6.07) is 9.25. The van der Waals surface area contributed by atoms with E-state index in [4.69, 9.17) is 4.74 Å². The van der Waals surface area contributed by atoms with Crippen molar-refractivity contribution in [3.63, 3.8) is 0 Å². The van der Waals surface area contributed by atoms with E-state index in [1.807, 2.05) is 37.3 Å². The number of ether oxygens (including phenoxy) is 1. The first kappa shape index (κ1) is 22.7. The minimum Gasteiger partial charge on any atom is -0.378 e. The third-order valence-electron chi connectivity index (χ3n) is 4.17. The van der Waals surface area contributed by atoms with E-state index in [9.17, 15) is 4.79 Å². The third-order valence-corrected chi connectivity index (χ3v) is 4.17. The van der Waals surface area contributed by atoms with Crippen LogP contribution in [0.3, 0.4) is 0 Å². The van der Waals surface area contributed by atoms with Gasteiger partial charge >= 0.3 is 0 Å². The topological polar surface area (TPSA) is 66.0 Å². The van der Waals surface area contributed by atoms with Crippen molar-refractivity contribution in [1.29, 1.82) is 0 Å². The van der Waals surface area contributed by atoms with Gasteiger partial charge in [-0.05, 0) is 38.8 Å². The van der Waals surface area contributed by atoms with Crippen molar-refractivity contribution in [1.82, 2.24) is 15.5 Å². The van der Waals surface area contributed by atoms with Gasteiger partial charge in [0.05, 0.1) is 12.6 Å². The highest BCUT2D eigenvalue weighted by Gasteiger charge is 2.21. The Morgan fingerprint density at radius 2 is 1.88 bits per heavy atom. The molecule has 2 N–H and O–H groups in total. The highest BCUT2D eigenvalue weighted by atomic mass is 127. The van der Waals surface area contributed by atoms with Crippen LogP contribution in [0.4, 0.5) is 0 Å². The molecule has 1 aromatic rings. The number of nitrogens with one attached hydrogen (secondary N) is 2. The quantitative estimate of drug-likeness (QED) is 0.276. The summed E-state index contributed by atoms with van der Waals surface area (Å²) in [6.07, 6.45) is 2.43. The number of hydrogen-bond donors (Lipinski definition) is 2. The van der Waals surface area contributed by atoms with Crippen molar-refractivity contribution in [2.75, 3.05) is 39.3 Å². The lowest BCUT2D eigenvalue weighted by molar-refractivity contribution is 0.0264. The number of carbonyl (C=O) groups is 1. The number of rotatable bonds is 7. The minimum atomic E-state index is -0.0571. The molecule has 0 aliphatic carbocycles. The van der Waals surface area contributed by atoms with E-state index in [0.29, 0.717) is 24.8 Å². The zero-order valence-electron chi connectivity index (χ0n) is 15.7. The second kappa shape index (κ2) is 12.9. The van der Waals surface area contributed by atoms with Gasteiger partial charge in [-0.25, -0.2) is 0 Å². The molecule has 0 aromatic heterocycles. The molecule has 1 aliphatic rings. The number of aliphatic imine (C=N–C) groups is 1. The molecule has 0 radical (unpaired) electrons. The number of likely N-dealkylation sites (tertiary alicyclic amines) is 1. The fourth-order valence-corrected chi connectivity index (χ4v) is 2.92. The average Bonchev–Trinajstić information content (AvgIpc) is 2.66. The van der Waals surface area contributed by atoms with E-state index in [0.717, 1.165) is 45.0 Å². The van der Waals surface area contributed by atoms with Gasteiger partial charge in [-0.15, -0.1) is 24.0 Å². The van der Waals surface area contributed by atoms with Gasteiger partial charge in [0.15, 0.2) is 5.96 Å². The third kappa shape index (κ3) is 7.49. The molecule has 1 heterocycles. The minimum absolute atomic E-state index is 0. The normalized spacial score (nSPS) is 15.3. The molecular formula is C19H31IN4O2. The predicted octanol–water partition coefficient (Wildman–Crippen LogP) is 2.50. The smallest absolute Gasteiger partial charge is 0.251 e. The Morgan fingerprint density at radius 1 is 1.19 bits per heavy atom. The fourth-order valence-electron chi connectivity index (χ4n) is 2.92. The van der Waals surface area contributed by atoms with Crippen molar-refractivity contribution in [3.05, 3.63) is 35.9 Å². The van der Waals surface area contributed by atoms with Crippen LogP contribution in [-0.2, 0) is 4.74 Å². The lowest BCUT2D eigenvalue weighted by Crippen LogP contribution is -2.47. The van der Waals surface area contributed by atoms with Gasteiger partial charge in [0.25, 0.3) is 5.91 Å². The van der Waals surface area contributed by atoms with Crippen molar-refractivity contribution < 1.29 is 9.53 Å². The molecule has 146 valence electrons. The number of nitrogens with zero attached hydrogens (tertiary/aromatic N) is 2. The molecule has 1 saturated heterocycles. The molecule has 0 atom stereocenters. The van der Waals surface area contributed by atoms with Crippen LogP contribution >= 0.6 is 24.0 Å². The lowest BCUT2D eigenvalue weighted by atomic mass is 10.1. The van der Waals surface area contributed by atoms with Crippen LogP contribution in [0.25, 0.3) is 0 Å². The first-order valence-corrected chi connectivity index (χ1v) is 9.22. The van der Waals surface area contributed by atoms with E-state index < -0.39 is 0 Å². The number of carbonyl (C=O) groups excluding carboxylic acids is 1. The zero-order chi connectivity index (χ0) is 17.9. The number of amides is 1. The van der Waals surface area contributed by atoms with Crippen molar-refractivity contribution in [3.8, 4) is 0 Å². The summed E-state index contributed by atoms with van der Waals surface area (Å²) in [5, 5.41) is 6.25. The molecule has 0 saturated carbocycles. The van der Waals surface area contributed by atoms with Crippen molar-refractivity contribution in [2.24, 2.45) is 4.99 Å². The lowest BCUT2D eigenvalue weighted by Gasteiger charge is -2.34. The summed E-state index contributed by atoms with van der Waals surface area (Å²) in [6.45, 7) is 8.71. The van der Waals surface area contributed by atoms with Gasteiger partial charge in [0.2, 0.25) is 0 Å². The molecule has 0 spiro atoms. The van der Waals surface area contributed by atoms with Gasteiger partial charge in [-0.3, -0.25) is 9.79 Å². The summed E-state index contributed by atoms with van der Waals surface area (Å²) in [5.41, 5.74) is 0.677. The SMILES string of the molecule is CCNC(=NCCNC(=O)c1ccccc1)N1CCC(OCC)CC1.I. The van der Waals surface area contributed by atoms with Crippen LogP contribution in [-0.4, -0.2) is 62.2 Å². The summed E-state index contributed by atoms with van der Waals surface area (Å²) in [4.78, 5) is 18.9. The second-order valence-corrected chi connectivity index (χ2v) is 6.00. The van der Waals surface area contributed by atoms with E-state index >= 15 is 0 Å². The maximum Gasteiger partial charge on any atom is 0.251 e. The largest absolute Gasteiger partial charge is 0.378 e. The van der Waals surface area contributed by atoms with Gasteiger partial charge in [-0.2, -0.15) is 0 Å². The number of hydrogen-bond acceptors (Lipinski definition) is 3. The van der Waals surface area contributed by atoms with Crippen molar-refractivity contribution in [2.45, 2.75) is 32.8 Å². The zero-order valence-corrected chi connectivity index (χ0v) is 18.1. The average molecular weight is 474 g/mol. The van der Waals surface area contributed by atoms with E-state index in [1.165, 1.54) is 0 Å². The summed E-state index contributed by atoms with van der Waals surface area (Å²) >= 11 is 0. The molecule has 0 bridgehead atoms. The van der Waals surface area contributed by atoms with Gasteiger partial charge in [0.1, 0.15) is 0 Å². The van der Waals surface area contributed by atoms with Crippen LogP contribution in [0.1, 0.15) is 37.0 Å². The van der Waals surface area contributed by atoms with E-state index in [1.54, 1.807) is 0 Å². The molecule has 7 heteroatoms. The molecule has 26 heavy (non-hydrogen) atoms. The Morgan fingerprint density at radius 3 is 2.50 bits per heavy atom. The number of benzene rings is 1. The van der Waals surface area contributed by atoms with E-state index in [-0.39, 0.29) is 29.9 Å². The number of piperidine rings is 1. The van der Waals surface area contributed by atoms with Crippen molar-refractivity contribution >= 4 is 35.8 Å². The molecule has 0 unspecified atom stereocenters. The Bertz CT molecular complexity index is 546. The molecule has 1 aliphatic heterocycles. The molecule has 2 rings (SSSR count).